The molecule has 0 saturated carbocycles. The summed E-state index contributed by atoms with van der Waals surface area (Å²) in [4.78, 5) is 8.55. The Balaban J connectivity index is 0.00000900. The number of methoxy groups -OCH3 is 1. The summed E-state index contributed by atoms with van der Waals surface area (Å²) in [5.74, 6) is 0. The maximum absolute atomic E-state index is 5.22. The molecule has 0 saturated heterocycles. The number of rotatable bonds is 10. The second kappa shape index (κ2) is 16.3. The first-order valence-electron chi connectivity index (χ1n) is 9.99. The van der Waals surface area contributed by atoms with E-state index in [4.69, 9.17) is 17.4 Å². The molecule has 0 fully saturated rings. The number of hydrogen-bond donors (Lipinski definition) is 2. The molecule has 1 aliphatic heterocycles. The Morgan fingerprint density at radius 3 is 2.45 bits per heavy atom. The molecule has 2 N–H and O–H groups in total. The second-order valence-electron chi connectivity index (χ2n) is 6.55. The number of amidine groups is 2. The Kier molecular flexibility index (Phi) is 15.6. The van der Waals surface area contributed by atoms with E-state index >= 15 is 0 Å². The summed E-state index contributed by atoms with van der Waals surface area (Å²) in [6.07, 6.45) is 6.20. The van der Waals surface area contributed by atoms with Crippen molar-refractivity contribution < 1.29 is 31.0 Å². The van der Waals surface area contributed by atoms with Crippen LogP contribution in [-0.2, 0) is 34.4 Å². The minimum atomic E-state index is 0. The van der Waals surface area contributed by atoms with E-state index in [1.807, 2.05) is 27.0 Å². The van der Waals surface area contributed by atoms with Gasteiger partial charge < -0.3 is 17.4 Å². The normalized spacial score (nSPS) is 18.2. The molecule has 0 bridgehead atoms. The fraction of sp³-hybridized carbons (Fsp3) is 0.684. The molecule has 0 aromatic rings. The van der Waals surface area contributed by atoms with Crippen molar-refractivity contribution in [2.45, 2.75) is 39.8 Å². The van der Waals surface area contributed by atoms with Gasteiger partial charge in [-0.05, 0) is 38.6 Å². The molecule has 0 radical (unpaired) electrons. The van der Waals surface area contributed by atoms with E-state index in [1.165, 1.54) is 11.8 Å². The van der Waals surface area contributed by atoms with E-state index in [9.17, 15) is 0 Å². The molecule has 1 unspecified atom stereocenters. The van der Waals surface area contributed by atoms with Crippen molar-refractivity contribution in [2.24, 2.45) is 20.2 Å². The standard InChI is InChI=1S/C19H34N8OS2.Cu/c1-8-20-18(29)24-23-17(14(3)22-25-19(30-7)21-9-2)15-13-26(4)16(27(15)5)11-10-12-28-6;/h13,16H,8-12H2,1-7H3,(H,20,29);/q;+1/p+1. The summed E-state index contributed by atoms with van der Waals surface area (Å²) in [5.41, 5.74) is 8.25. The zero-order chi connectivity index (χ0) is 22.5. The maximum Gasteiger partial charge on any atom is 1.00 e. The molecule has 1 heterocycles. The molecule has 12 heteroatoms. The van der Waals surface area contributed by atoms with Gasteiger partial charge in [-0.1, -0.05) is 11.8 Å². The Hall–Kier alpha value is -1.33. The Bertz CT molecular complexity index is 762. The minimum absolute atomic E-state index is 0. The van der Waals surface area contributed by atoms with Crippen LogP contribution >= 0.6 is 11.8 Å². The second-order valence-corrected chi connectivity index (χ2v) is 7.73. The van der Waals surface area contributed by atoms with Crippen LogP contribution in [0.5, 0.6) is 0 Å². The molecule has 1 rings (SSSR count). The van der Waals surface area contributed by atoms with E-state index in [1.54, 1.807) is 7.11 Å². The van der Waals surface area contributed by atoms with E-state index in [0.29, 0.717) is 29.7 Å². The van der Waals surface area contributed by atoms with Crippen molar-refractivity contribution in [1.29, 1.82) is 0 Å². The van der Waals surface area contributed by atoms with Crippen molar-refractivity contribution >= 4 is 58.1 Å². The third-order valence-electron chi connectivity index (χ3n) is 4.40. The molecular formula is C19H35CuN8OS2+2. The van der Waals surface area contributed by atoms with Crippen molar-refractivity contribution in [1.82, 2.24) is 10.9 Å². The third kappa shape index (κ3) is 9.78. The molecule has 0 aromatic carbocycles. The van der Waals surface area contributed by atoms with E-state index in [0.717, 1.165) is 30.3 Å². The van der Waals surface area contributed by atoms with Gasteiger partial charge in [0.05, 0.1) is 12.1 Å². The van der Waals surface area contributed by atoms with Crippen LogP contribution in [0, 0.1) is 0 Å². The fourth-order valence-electron chi connectivity index (χ4n) is 2.92. The first-order chi connectivity index (χ1) is 14.4. The van der Waals surface area contributed by atoms with Crippen LogP contribution in [0.4, 0.5) is 0 Å². The SMILES string of the molecule is CCN=C([S-])N/N=C(C1=[N+](C)C(CCCOC)[N+](C)=C1)/C(C)=N/NC(=NCC)SC.[Cu+]. The summed E-state index contributed by atoms with van der Waals surface area (Å²) in [6, 6.07) is 0. The fourth-order valence-corrected chi connectivity index (χ4v) is 3.49. The van der Waals surface area contributed by atoms with E-state index in [-0.39, 0.29) is 23.2 Å². The van der Waals surface area contributed by atoms with Crippen molar-refractivity contribution in [3.63, 3.8) is 0 Å². The van der Waals surface area contributed by atoms with Crippen molar-refractivity contribution in [3.8, 4) is 0 Å². The molecule has 0 aliphatic carbocycles. The first kappa shape index (κ1) is 29.7. The number of aliphatic imine (C=N–C) groups is 2. The van der Waals surface area contributed by atoms with Gasteiger partial charge in [-0.3, -0.25) is 20.8 Å². The number of thioether (sulfide) groups is 1. The average Bonchev–Trinajstić information content (AvgIpc) is 2.99. The first-order valence-corrected chi connectivity index (χ1v) is 11.6. The zero-order valence-electron chi connectivity index (χ0n) is 19.4. The van der Waals surface area contributed by atoms with Gasteiger partial charge in [-0.2, -0.15) is 19.4 Å². The van der Waals surface area contributed by atoms with Crippen LogP contribution in [0.25, 0.3) is 0 Å². The summed E-state index contributed by atoms with van der Waals surface area (Å²) in [5, 5.41) is 10.2. The third-order valence-corrected chi connectivity index (χ3v) is 5.23. The molecule has 0 spiro atoms. The van der Waals surface area contributed by atoms with Crippen molar-refractivity contribution in [2.75, 3.05) is 47.2 Å². The maximum atomic E-state index is 5.22. The Morgan fingerprint density at radius 2 is 1.87 bits per heavy atom. The largest absolute Gasteiger partial charge is 1.00 e. The molecule has 1 aliphatic rings. The number of ether oxygens (including phenoxy) is 1. The van der Waals surface area contributed by atoms with Gasteiger partial charge in [0, 0.05) is 26.8 Å². The number of nitrogens with zero attached hydrogens (tertiary/aromatic N) is 6. The molecule has 0 amide bonds. The summed E-state index contributed by atoms with van der Waals surface area (Å²) in [7, 11) is 5.85. The van der Waals surface area contributed by atoms with Crippen LogP contribution in [0.15, 0.2) is 20.2 Å². The predicted molar refractivity (Wildman–Crippen MR) is 132 cm³/mol. The minimum Gasteiger partial charge on any atom is -0.741 e. The van der Waals surface area contributed by atoms with E-state index < -0.39 is 0 Å². The van der Waals surface area contributed by atoms with Gasteiger partial charge in [-0.15, -0.1) is 0 Å². The van der Waals surface area contributed by atoms with E-state index in [2.05, 4.69) is 60.5 Å². The Morgan fingerprint density at radius 1 is 1.19 bits per heavy atom. The van der Waals surface area contributed by atoms with Crippen LogP contribution in [0.3, 0.4) is 0 Å². The molecule has 1 atom stereocenters. The summed E-state index contributed by atoms with van der Waals surface area (Å²) in [6.45, 7) is 7.85. The van der Waals surface area contributed by atoms with Gasteiger partial charge in [0.15, 0.2) is 10.9 Å². The van der Waals surface area contributed by atoms with Gasteiger partial charge in [0.1, 0.15) is 14.1 Å². The molecule has 9 nitrogen and oxygen atoms in total. The molecule has 0 aromatic heterocycles. The quantitative estimate of drug-likeness (QED) is 0.0860. The topological polar surface area (TPSA) is 88.7 Å². The van der Waals surface area contributed by atoms with Gasteiger partial charge >= 0.3 is 23.2 Å². The zero-order valence-corrected chi connectivity index (χ0v) is 22.0. The van der Waals surface area contributed by atoms with Crippen LogP contribution in [0.1, 0.15) is 33.6 Å². The molecule has 31 heavy (non-hydrogen) atoms. The monoisotopic (exact) mass is 518 g/mol. The summed E-state index contributed by atoms with van der Waals surface area (Å²) >= 11 is 6.73. The molecular weight excluding hydrogens is 484 g/mol. The summed E-state index contributed by atoms with van der Waals surface area (Å²) < 4.78 is 9.59. The average molecular weight is 519 g/mol. The molecule has 178 valence electrons. The van der Waals surface area contributed by atoms with Gasteiger partial charge in [0.2, 0.25) is 6.21 Å². The van der Waals surface area contributed by atoms with Gasteiger partial charge in [-0.25, -0.2) is 0 Å². The van der Waals surface area contributed by atoms with Gasteiger partial charge in [0.25, 0.3) is 5.71 Å². The van der Waals surface area contributed by atoms with Crippen LogP contribution in [0.2, 0.25) is 0 Å². The van der Waals surface area contributed by atoms with Crippen LogP contribution in [-0.4, -0.2) is 96.2 Å². The van der Waals surface area contributed by atoms with Crippen LogP contribution < -0.4 is 10.9 Å². The number of nitrogens with one attached hydrogen (secondary N) is 2. The Labute approximate surface area is 206 Å². The van der Waals surface area contributed by atoms with Crippen molar-refractivity contribution in [3.05, 3.63) is 0 Å². The number of hydrazone groups is 2. The predicted octanol–water partition coefficient (Wildman–Crippen LogP) is 1.12. The number of hydrogen-bond acceptors (Lipinski definition) is 7. The smallest absolute Gasteiger partial charge is 0.741 e.